The van der Waals surface area contributed by atoms with Crippen LogP contribution in [0.3, 0.4) is 0 Å². The summed E-state index contributed by atoms with van der Waals surface area (Å²) in [4.78, 5) is 2.60. The van der Waals surface area contributed by atoms with E-state index < -0.39 is 0 Å². The summed E-state index contributed by atoms with van der Waals surface area (Å²) < 4.78 is 0. The molecule has 4 nitrogen and oxygen atoms in total. The maximum Gasteiger partial charge on any atom is 0.0847 e. The molecule has 0 amide bonds. The first-order valence-electron chi connectivity index (χ1n) is 6.76. The number of nitrogens with one attached hydrogen (secondary N) is 1. The number of rotatable bonds is 4. The van der Waals surface area contributed by atoms with Crippen LogP contribution in [0.1, 0.15) is 49.5 Å². The number of aromatic amines is 1. The Morgan fingerprint density at radius 2 is 2.24 bits per heavy atom. The Bertz CT molecular complexity index is 372. The first kappa shape index (κ1) is 11.2. The Hall–Kier alpha value is -0.870. The van der Waals surface area contributed by atoms with Gasteiger partial charge >= 0.3 is 0 Å². The van der Waals surface area contributed by atoms with Crippen molar-refractivity contribution in [2.24, 2.45) is 5.92 Å². The van der Waals surface area contributed by atoms with Gasteiger partial charge in [-0.2, -0.15) is 5.10 Å². The van der Waals surface area contributed by atoms with E-state index >= 15 is 0 Å². The Balaban J connectivity index is 1.72. The molecule has 2 N–H and O–H groups in total. The van der Waals surface area contributed by atoms with Gasteiger partial charge in [0.05, 0.1) is 24.0 Å². The molecule has 17 heavy (non-hydrogen) atoms. The van der Waals surface area contributed by atoms with Crippen molar-refractivity contribution in [1.82, 2.24) is 15.1 Å². The highest BCUT2D eigenvalue weighted by Gasteiger charge is 2.31. The first-order valence-corrected chi connectivity index (χ1v) is 6.76. The van der Waals surface area contributed by atoms with Crippen LogP contribution in [0, 0.1) is 5.92 Å². The third-order valence-electron chi connectivity index (χ3n) is 3.97. The molecule has 0 unspecified atom stereocenters. The molecule has 3 rings (SSSR count). The van der Waals surface area contributed by atoms with E-state index in [-0.39, 0.29) is 6.61 Å². The number of hydrogen-bond donors (Lipinski definition) is 2. The van der Waals surface area contributed by atoms with Gasteiger partial charge in [-0.3, -0.25) is 10.00 Å². The van der Waals surface area contributed by atoms with Gasteiger partial charge in [-0.25, -0.2) is 0 Å². The highest BCUT2D eigenvalue weighted by atomic mass is 16.3. The Labute approximate surface area is 102 Å². The summed E-state index contributed by atoms with van der Waals surface area (Å²) in [6, 6.07) is 2.50. The fourth-order valence-electron chi connectivity index (χ4n) is 2.81. The molecular formula is C13H21N3O. The van der Waals surface area contributed by atoms with Crippen LogP contribution in [0.25, 0.3) is 0 Å². The zero-order valence-corrected chi connectivity index (χ0v) is 10.2. The second-order valence-electron chi connectivity index (χ2n) is 5.43. The molecule has 0 aromatic carbocycles. The average molecular weight is 235 g/mol. The highest BCUT2D eigenvalue weighted by molar-refractivity contribution is 5.13. The molecule has 1 saturated heterocycles. The minimum absolute atomic E-state index is 0.0579. The van der Waals surface area contributed by atoms with Gasteiger partial charge in [0.15, 0.2) is 0 Å². The van der Waals surface area contributed by atoms with Gasteiger partial charge in [0.2, 0.25) is 0 Å². The highest BCUT2D eigenvalue weighted by Crippen LogP contribution is 2.36. The normalized spacial score (nSPS) is 26.3. The number of nitrogens with zero attached hydrogens (tertiary/aromatic N) is 2. The van der Waals surface area contributed by atoms with E-state index in [4.69, 9.17) is 5.11 Å². The summed E-state index contributed by atoms with van der Waals surface area (Å²) in [5, 5.41) is 16.4. The van der Waals surface area contributed by atoms with Crippen molar-refractivity contribution in [2.75, 3.05) is 13.1 Å². The lowest BCUT2D eigenvalue weighted by molar-refractivity contribution is 0.139. The van der Waals surface area contributed by atoms with Crippen molar-refractivity contribution in [3.8, 4) is 0 Å². The summed E-state index contributed by atoms with van der Waals surface area (Å²) in [7, 11) is 0. The molecule has 94 valence electrons. The summed E-state index contributed by atoms with van der Waals surface area (Å²) >= 11 is 0. The first-order chi connectivity index (χ1) is 8.36. The number of aliphatic hydroxyl groups excluding tert-OH is 1. The van der Waals surface area contributed by atoms with Gasteiger partial charge in [0.25, 0.3) is 0 Å². The van der Waals surface area contributed by atoms with E-state index in [0.717, 1.165) is 17.3 Å². The van der Waals surface area contributed by atoms with Crippen LogP contribution in [-0.4, -0.2) is 33.3 Å². The molecule has 1 aliphatic carbocycles. The summed E-state index contributed by atoms with van der Waals surface area (Å²) in [6.45, 7) is 2.51. The van der Waals surface area contributed by atoms with Crippen molar-refractivity contribution in [1.29, 1.82) is 0 Å². The molecule has 1 aromatic heterocycles. The van der Waals surface area contributed by atoms with Crippen LogP contribution in [0.5, 0.6) is 0 Å². The van der Waals surface area contributed by atoms with Crippen molar-refractivity contribution < 1.29 is 5.11 Å². The predicted octanol–water partition coefficient (Wildman–Crippen LogP) is 1.84. The van der Waals surface area contributed by atoms with E-state index in [1.807, 2.05) is 6.07 Å². The zero-order chi connectivity index (χ0) is 11.7. The third-order valence-corrected chi connectivity index (χ3v) is 3.97. The summed E-state index contributed by atoms with van der Waals surface area (Å²) in [5.74, 6) is 0.937. The quantitative estimate of drug-likeness (QED) is 0.837. The maximum atomic E-state index is 9.09. The predicted molar refractivity (Wildman–Crippen MR) is 65.4 cm³/mol. The zero-order valence-electron chi connectivity index (χ0n) is 10.2. The van der Waals surface area contributed by atoms with Crippen LogP contribution in [-0.2, 0) is 6.61 Å². The fourth-order valence-corrected chi connectivity index (χ4v) is 2.81. The second-order valence-corrected chi connectivity index (χ2v) is 5.43. The van der Waals surface area contributed by atoms with Gasteiger partial charge in [-0.1, -0.05) is 6.42 Å². The number of aliphatic hydroxyl groups is 1. The minimum atomic E-state index is 0.0579. The van der Waals surface area contributed by atoms with E-state index in [9.17, 15) is 0 Å². The molecule has 1 aromatic rings. The minimum Gasteiger partial charge on any atom is -0.390 e. The van der Waals surface area contributed by atoms with E-state index in [1.165, 1.54) is 45.2 Å². The second kappa shape index (κ2) is 4.78. The SMILES string of the molecule is OCc1cc([C@@H]2CCCCN2CC2CC2)n[nH]1. The Morgan fingerprint density at radius 3 is 2.94 bits per heavy atom. The molecule has 0 radical (unpaired) electrons. The fraction of sp³-hybridized carbons (Fsp3) is 0.769. The van der Waals surface area contributed by atoms with Crippen LogP contribution in [0.15, 0.2) is 6.07 Å². The summed E-state index contributed by atoms with van der Waals surface area (Å²) in [6.07, 6.45) is 6.65. The Morgan fingerprint density at radius 1 is 1.35 bits per heavy atom. The topological polar surface area (TPSA) is 52.1 Å². The van der Waals surface area contributed by atoms with Crippen LogP contribution in [0.2, 0.25) is 0 Å². The average Bonchev–Trinajstić information content (AvgIpc) is 3.05. The van der Waals surface area contributed by atoms with Crippen molar-refractivity contribution in [3.63, 3.8) is 0 Å². The lowest BCUT2D eigenvalue weighted by Gasteiger charge is -2.34. The number of piperidine rings is 1. The lowest BCUT2D eigenvalue weighted by atomic mass is 9.99. The number of likely N-dealkylation sites (tertiary alicyclic amines) is 1. The van der Waals surface area contributed by atoms with E-state index in [1.54, 1.807) is 0 Å². The number of hydrogen-bond acceptors (Lipinski definition) is 3. The van der Waals surface area contributed by atoms with Gasteiger partial charge in [-0.05, 0) is 44.2 Å². The smallest absolute Gasteiger partial charge is 0.0847 e. The largest absolute Gasteiger partial charge is 0.390 e. The van der Waals surface area contributed by atoms with Gasteiger partial charge < -0.3 is 5.11 Å². The molecule has 0 spiro atoms. The number of aromatic nitrogens is 2. The molecule has 2 fully saturated rings. The van der Waals surface area contributed by atoms with Crippen LogP contribution in [0.4, 0.5) is 0 Å². The van der Waals surface area contributed by atoms with Crippen molar-refractivity contribution >= 4 is 0 Å². The molecule has 1 atom stereocenters. The van der Waals surface area contributed by atoms with E-state index in [2.05, 4.69) is 15.1 Å². The van der Waals surface area contributed by atoms with E-state index in [0.29, 0.717) is 6.04 Å². The van der Waals surface area contributed by atoms with Crippen molar-refractivity contribution in [3.05, 3.63) is 17.5 Å². The lowest BCUT2D eigenvalue weighted by Crippen LogP contribution is -2.35. The molecule has 4 heteroatoms. The molecule has 2 aliphatic rings. The molecular weight excluding hydrogens is 214 g/mol. The van der Waals surface area contributed by atoms with Crippen LogP contribution < -0.4 is 0 Å². The van der Waals surface area contributed by atoms with Gasteiger partial charge in [-0.15, -0.1) is 0 Å². The maximum absolute atomic E-state index is 9.09. The molecule has 2 heterocycles. The van der Waals surface area contributed by atoms with Crippen LogP contribution >= 0.6 is 0 Å². The third kappa shape index (κ3) is 2.53. The van der Waals surface area contributed by atoms with Gasteiger partial charge in [0, 0.05) is 6.54 Å². The summed E-state index contributed by atoms with van der Waals surface area (Å²) in [5.41, 5.74) is 1.95. The standard InChI is InChI=1S/C13H21N3O/c17-9-11-7-12(15-14-11)13-3-1-2-6-16(13)8-10-4-5-10/h7,10,13,17H,1-6,8-9H2,(H,14,15)/t13-/m0/s1. The van der Waals surface area contributed by atoms with Gasteiger partial charge in [0.1, 0.15) is 0 Å². The monoisotopic (exact) mass is 235 g/mol. The number of H-pyrrole nitrogens is 1. The molecule has 0 bridgehead atoms. The Kier molecular flexibility index (Phi) is 3.16. The molecule has 1 saturated carbocycles. The molecule has 1 aliphatic heterocycles. The van der Waals surface area contributed by atoms with Crippen molar-refractivity contribution in [2.45, 2.75) is 44.8 Å².